The number of amides is 1. The molecule has 2 rings (SSSR count). The number of rotatable bonds is 10. The molecule has 0 aliphatic heterocycles. The lowest BCUT2D eigenvalue weighted by Crippen LogP contribution is -2.55. The van der Waals surface area contributed by atoms with Crippen LogP contribution in [0.4, 0.5) is 0 Å². The molecule has 1 aromatic carbocycles. The lowest BCUT2D eigenvalue weighted by molar-refractivity contribution is -0.148. The van der Waals surface area contributed by atoms with Gasteiger partial charge in [0.2, 0.25) is 5.91 Å². The number of unbranched alkanes of at least 4 members (excludes halogenated alkanes) is 2. The van der Waals surface area contributed by atoms with Crippen LogP contribution < -0.4 is 5.32 Å². The Labute approximate surface area is 184 Å². The van der Waals surface area contributed by atoms with Crippen LogP contribution in [-0.2, 0) is 25.5 Å². The van der Waals surface area contributed by atoms with Gasteiger partial charge in [0.15, 0.2) is 0 Å². The highest BCUT2D eigenvalue weighted by Gasteiger charge is 2.45. The van der Waals surface area contributed by atoms with Gasteiger partial charge in [-0.15, -0.1) is 11.6 Å². The maximum absolute atomic E-state index is 12.9. The molecule has 0 radical (unpaired) electrons. The van der Waals surface area contributed by atoms with E-state index in [1.165, 1.54) is 7.11 Å². The topological polar surface area (TPSA) is 84.9 Å². The number of esters is 1. The molecule has 6 atom stereocenters. The van der Waals surface area contributed by atoms with E-state index in [-0.39, 0.29) is 23.8 Å². The molecule has 1 aliphatic carbocycles. The van der Waals surface area contributed by atoms with Crippen molar-refractivity contribution in [2.75, 3.05) is 13.7 Å². The quantitative estimate of drug-likeness (QED) is 0.332. The number of methoxy groups -OCH3 is 1. The Hall–Kier alpha value is -1.63. The summed E-state index contributed by atoms with van der Waals surface area (Å²) < 4.78 is 10.8. The van der Waals surface area contributed by atoms with Gasteiger partial charge in [-0.2, -0.15) is 0 Å². The molecule has 1 aliphatic rings. The van der Waals surface area contributed by atoms with Gasteiger partial charge in [-0.3, -0.25) is 4.79 Å². The van der Waals surface area contributed by atoms with Crippen molar-refractivity contribution in [3.63, 3.8) is 0 Å². The van der Waals surface area contributed by atoms with Crippen LogP contribution in [0.15, 0.2) is 30.3 Å². The van der Waals surface area contributed by atoms with E-state index >= 15 is 0 Å². The number of ether oxygens (including phenoxy) is 2. The lowest BCUT2D eigenvalue weighted by atomic mass is 9.76. The Balaban J connectivity index is 2.01. The fraction of sp³-hybridized carbons (Fsp3) is 0.652. The van der Waals surface area contributed by atoms with Crippen molar-refractivity contribution in [1.82, 2.24) is 5.32 Å². The molecular weight excluding hydrogens is 406 g/mol. The first-order valence-corrected chi connectivity index (χ1v) is 11.2. The number of halogens is 1. The van der Waals surface area contributed by atoms with E-state index in [1.807, 2.05) is 37.3 Å². The first-order valence-electron chi connectivity index (χ1n) is 10.7. The fourth-order valence-corrected chi connectivity index (χ4v) is 4.45. The minimum absolute atomic E-state index is 0.288. The third kappa shape index (κ3) is 6.69. The van der Waals surface area contributed by atoms with E-state index in [1.54, 1.807) is 0 Å². The highest BCUT2D eigenvalue weighted by molar-refractivity contribution is 6.21. The number of aliphatic hydroxyl groups excluding tert-OH is 1. The predicted molar refractivity (Wildman–Crippen MR) is 116 cm³/mol. The zero-order valence-corrected chi connectivity index (χ0v) is 18.8. The minimum Gasteiger partial charge on any atom is -0.467 e. The average molecular weight is 440 g/mol. The molecule has 1 fully saturated rings. The van der Waals surface area contributed by atoms with Crippen molar-refractivity contribution in [2.45, 2.75) is 69.6 Å². The molecule has 168 valence electrons. The Bertz CT molecular complexity index is 671. The van der Waals surface area contributed by atoms with Crippen molar-refractivity contribution in [3.8, 4) is 0 Å². The number of nitrogens with one attached hydrogen (secondary N) is 1. The number of carbonyl (C=O) groups is 2. The Morgan fingerprint density at radius 2 is 1.97 bits per heavy atom. The predicted octanol–water partition coefficient (Wildman–Crippen LogP) is 3.09. The summed E-state index contributed by atoms with van der Waals surface area (Å²) in [6, 6.07) is 8.57. The number of carbonyl (C=O) groups excluding carboxylic acids is 2. The van der Waals surface area contributed by atoms with Crippen LogP contribution in [0.1, 0.15) is 45.1 Å². The number of hydrogen-bond acceptors (Lipinski definition) is 5. The Morgan fingerprint density at radius 3 is 2.60 bits per heavy atom. The van der Waals surface area contributed by atoms with E-state index in [9.17, 15) is 14.7 Å². The third-order valence-corrected chi connectivity index (χ3v) is 6.21. The Morgan fingerprint density at radius 1 is 1.27 bits per heavy atom. The second-order valence-corrected chi connectivity index (χ2v) is 8.59. The maximum atomic E-state index is 12.9. The molecule has 7 heteroatoms. The van der Waals surface area contributed by atoms with E-state index in [4.69, 9.17) is 21.1 Å². The van der Waals surface area contributed by atoms with Crippen molar-refractivity contribution in [3.05, 3.63) is 35.9 Å². The summed E-state index contributed by atoms with van der Waals surface area (Å²) in [7, 11) is 1.29. The average Bonchev–Trinajstić information content (AvgIpc) is 2.75. The molecule has 30 heavy (non-hydrogen) atoms. The molecule has 1 saturated carbocycles. The van der Waals surface area contributed by atoms with Gasteiger partial charge in [-0.1, -0.05) is 57.0 Å². The molecular formula is C23H34ClNO5. The van der Waals surface area contributed by atoms with Crippen LogP contribution in [0.5, 0.6) is 0 Å². The van der Waals surface area contributed by atoms with E-state index < -0.39 is 29.9 Å². The van der Waals surface area contributed by atoms with Gasteiger partial charge in [-0.25, -0.2) is 4.79 Å². The van der Waals surface area contributed by atoms with Crippen molar-refractivity contribution in [2.24, 2.45) is 11.8 Å². The SMILES string of the molecule is CCCCCOC1C(Cl)CC(C(=O)N[C@@H](Cc2ccccc2)C(=O)OC)C(O)C1C. The normalized spacial score (nSPS) is 27.3. The van der Waals surface area contributed by atoms with Gasteiger partial charge < -0.3 is 19.9 Å². The van der Waals surface area contributed by atoms with Gasteiger partial charge in [0.1, 0.15) is 6.04 Å². The number of benzene rings is 1. The van der Waals surface area contributed by atoms with E-state index in [0.717, 1.165) is 24.8 Å². The summed E-state index contributed by atoms with van der Waals surface area (Å²) in [6.07, 6.45) is 2.53. The molecule has 0 aromatic heterocycles. The minimum atomic E-state index is -0.897. The molecule has 1 aromatic rings. The maximum Gasteiger partial charge on any atom is 0.328 e. The molecule has 5 unspecified atom stereocenters. The summed E-state index contributed by atoms with van der Waals surface area (Å²) in [6.45, 7) is 4.57. The molecule has 0 heterocycles. The van der Waals surface area contributed by atoms with Crippen LogP contribution in [0, 0.1) is 11.8 Å². The van der Waals surface area contributed by atoms with Crippen molar-refractivity contribution in [1.29, 1.82) is 0 Å². The van der Waals surface area contributed by atoms with Gasteiger partial charge >= 0.3 is 5.97 Å². The highest BCUT2D eigenvalue weighted by atomic mass is 35.5. The smallest absolute Gasteiger partial charge is 0.328 e. The zero-order chi connectivity index (χ0) is 22.1. The summed E-state index contributed by atoms with van der Waals surface area (Å²) in [4.78, 5) is 25.2. The van der Waals surface area contributed by atoms with Gasteiger partial charge in [0.05, 0.1) is 30.6 Å². The summed E-state index contributed by atoms with van der Waals surface area (Å²) >= 11 is 6.54. The van der Waals surface area contributed by atoms with Crippen LogP contribution in [0.2, 0.25) is 0 Å². The number of hydrogen-bond donors (Lipinski definition) is 2. The van der Waals surface area contributed by atoms with Crippen molar-refractivity contribution >= 4 is 23.5 Å². The largest absolute Gasteiger partial charge is 0.467 e. The van der Waals surface area contributed by atoms with Crippen molar-refractivity contribution < 1.29 is 24.2 Å². The third-order valence-electron chi connectivity index (χ3n) is 5.78. The molecule has 6 nitrogen and oxygen atoms in total. The van der Waals surface area contributed by atoms with Gasteiger partial charge in [-0.05, 0) is 18.4 Å². The van der Waals surface area contributed by atoms with Crippen LogP contribution >= 0.6 is 11.6 Å². The first-order chi connectivity index (χ1) is 14.4. The number of alkyl halides is 1. The highest BCUT2D eigenvalue weighted by Crippen LogP contribution is 2.35. The molecule has 0 bridgehead atoms. The van der Waals surface area contributed by atoms with Gasteiger partial charge in [0, 0.05) is 18.9 Å². The molecule has 2 N–H and O–H groups in total. The van der Waals surface area contributed by atoms with E-state index in [0.29, 0.717) is 13.0 Å². The Kier molecular flexibility index (Phi) is 10.1. The first kappa shape index (κ1) is 24.6. The van der Waals surface area contributed by atoms with Crippen LogP contribution in [-0.4, -0.2) is 54.3 Å². The number of aliphatic hydroxyl groups is 1. The summed E-state index contributed by atoms with van der Waals surface area (Å²) in [5.74, 6) is -1.91. The van der Waals surface area contributed by atoms with Crippen LogP contribution in [0.25, 0.3) is 0 Å². The lowest BCUT2D eigenvalue weighted by Gasteiger charge is -2.41. The summed E-state index contributed by atoms with van der Waals surface area (Å²) in [5.41, 5.74) is 0.904. The zero-order valence-electron chi connectivity index (χ0n) is 18.1. The fourth-order valence-electron chi connectivity index (χ4n) is 3.96. The van der Waals surface area contributed by atoms with Crippen LogP contribution in [0.3, 0.4) is 0 Å². The second-order valence-electron chi connectivity index (χ2n) is 8.02. The van der Waals surface area contributed by atoms with E-state index in [2.05, 4.69) is 12.2 Å². The molecule has 0 spiro atoms. The standard InChI is InChI=1S/C23H34ClNO5/c1-4-5-9-12-30-21-15(2)20(26)17(14-18(21)24)22(27)25-19(23(28)29-3)13-16-10-7-6-8-11-16/h6-8,10-11,15,17-21,26H,4-5,9,12-14H2,1-3H3,(H,25,27)/t15?,17?,18?,19-,20?,21?/m0/s1. The van der Waals surface area contributed by atoms with Gasteiger partial charge in [0.25, 0.3) is 0 Å². The molecule has 1 amide bonds. The molecule has 0 saturated heterocycles. The second kappa shape index (κ2) is 12.3. The monoisotopic (exact) mass is 439 g/mol. The summed E-state index contributed by atoms with van der Waals surface area (Å²) in [5, 5.41) is 13.2.